The molecule has 0 spiro atoms. The molecular weight excluding hydrogens is 234 g/mol. The molecule has 3 N–H and O–H groups in total. The minimum absolute atomic E-state index is 0.00736. The van der Waals surface area contributed by atoms with Crippen molar-refractivity contribution in [1.29, 1.82) is 0 Å². The van der Waals surface area contributed by atoms with Crippen molar-refractivity contribution in [3.63, 3.8) is 0 Å². The summed E-state index contributed by atoms with van der Waals surface area (Å²) in [6, 6.07) is -0.137. The second kappa shape index (κ2) is 6.38. The second-order valence-electron chi connectivity index (χ2n) is 3.85. The van der Waals surface area contributed by atoms with Crippen molar-refractivity contribution in [2.24, 2.45) is 5.73 Å². The molecule has 5 heteroatoms. The first-order valence-corrected chi connectivity index (χ1v) is 6.41. The van der Waals surface area contributed by atoms with Crippen LogP contribution in [0.5, 0.6) is 0 Å². The number of nitrogens with zero attached hydrogens (tertiary/aromatic N) is 1. The van der Waals surface area contributed by atoms with Gasteiger partial charge in [0.05, 0.1) is 6.04 Å². The lowest BCUT2D eigenvalue weighted by molar-refractivity contribution is 0.0932. The molecule has 0 fully saturated rings. The van der Waals surface area contributed by atoms with Crippen molar-refractivity contribution < 1.29 is 4.79 Å². The highest BCUT2D eigenvalue weighted by Crippen LogP contribution is 2.15. The fraction of sp³-hybridized carbons (Fsp3) is 0.500. The zero-order valence-corrected chi connectivity index (χ0v) is 10.9. The third-order valence-electron chi connectivity index (χ3n) is 2.34. The fourth-order valence-corrected chi connectivity index (χ4v) is 2.06. The van der Waals surface area contributed by atoms with E-state index in [1.165, 1.54) is 11.3 Å². The number of terminal acetylenes is 1. The number of nitrogens with one attached hydrogen (secondary N) is 1. The number of nitrogens with two attached hydrogens (primary N) is 1. The minimum Gasteiger partial charge on any atom is -0.347 e. The Labute approximate surface area is 106 Å². The average Bonchev–Trinajstić information content (AvgIpc) is 2.77. The first-order valence-electron chi connectivity index (χ1n) is 5.53. The second-order valence-corrected chi connectivity index (χ2v) is 4.74. The number of rotatable bonds is 5. The molecule has 0 saturated heterocycles. The molecule has 0 bridgehead atoms. The zero-order chi connectivity index (χ0) is 12.8. The van der Waals surface area contributed by atoms with Crippen LogP contribution in [-0.2, 0) is 0 Å². The molecule has 1 heterocycles. The van der Waals surface area contributed by atoms with Crippen molar-refractivity contribution in [3.05, 3.63) is 16.1 Å². The number of aromatic nitrogens is 1. The predicted octanol–water partition coefficient (Wildman–Crippen LogP) is 1.69. The third kappa shape index (κ3) is 3.84. The maximum absolute atomic E-state index is 11.8. The molecule has 92 valence electrons. The fourth-order valence-electron chi connectivity index (χ4n) is 1.30. The van der Waals surface area contributed by atoms with E-state index in [9.17, 15) is 4.79 Å². The molecule has 17 heavy (non-hydrogen) atoms. The number of thiazole rings is 1. The summed E-state index contributed by atoms with van der Waals surface area (Å²) in [6.07, 6.45) is 6.57. The Morgan fingerprint density at radius 1 is 1.76 bits per heavy atom. The van der Waals surface area contributed by atoms with Gasteiger partial charge in [0, 0.05) is 17.8 Å². The summed E-state index contributed by atoms with van der Waals surface area (Å²) in [7, 11) is 0. The molecule has 0 radical (unpaired) electrons. The lowest BCUT2D eigenvalue weighted by atomic mass is 10.1. The van der Waals surface area contributed by atoms with E-state index in [2.05, 4.69) is 16.2 Å². The summed E-state index contributed by atoms with van der Waals surface area (Å²) < 4.78 is 0. The number of hydrogen-bond donors (Lipinski definition) is 2. The van der Waals surface area contributed by atoms with E-state index in [4.69, 9.17) is 12.2 Å². The molecule has 4 nitrogen and oxygen atoms in total. The van der Waals surface area contributed by atoms with Gasteiger partial charge in [-0.2, -0.15) is 0 Å². The highest BCUT2D eigenvalue weighted by molar-refractivity contribution is 7.09. The third-order valence-corrected chi connectivity index (χ3v) is 3.38. The smallest absolute Gasteiger partial charge is 0.271 e. The summed E-state index contributed by atoms with van der Waals surface area (Å²) >= 11 is 1.40. The van der Waals surface area contributed by atoms with E-state index in [0.717, 1.165) is 11.4 Å². The summed E-state index contributed by atoms with van der Waals surface area (Å²) in [5, 5.41) is 5.34. The Kier molecular flexibility index (Phi) is 5.13. The van der Waals surface area contributed by atoms with E-state index in [1.807, 2.05) is 13.8 Å². The summed E-state index contributed by atoms with van der Waals surface area (Å²) in [5.74, 6) is 2.36. The van der Waals surface area contributed by atoms with Gasteiger partial charge in [0.25, 0.3) is 5.91 Å². The summed E-state index contributed by atoms with van der Waals surface area (Å²) in [6.45, 7) is 3.82. The van der Waals surface area contributed by atoms with Gasteiger partial charge < -0.3 is 11.1 Å². The maximum Gasteiger partial charge on any atom is 0.271 e. The summed E-state index contributed by atoms with van der Waals surface area (Å²) in [4.78, 5) is 16.0. The van der Waals surface area contributed by atoms with E-state index in [-0.39, 0.29) is 18.0 Å². The van der Waals surface area contributed by atoms with Gasteiger partial charge in [-0.1, -0.05) is 6.92 Å². The van der Waals surface area contributed by atoms with Gasteiger partial charge >= 0.3 is 0 Å². The quantitative estimate of drug-likeness (QED) is 0.783. The summed E-state index contributed by atoms with van der Waals surface area (Å²) in [5.41, 5.74) is 6.11. The van der Waals surface area contributed by atoms with E-state index < -0.39 is 0 Å². The van der Waals surface area contributed by atoms with Crippen LogP contribution < -0.4 is 11.1 Å². The molecule has 0 aliphatic heterocycles. The molecule has 2 atom stereocenters. The molecule has 0 aromatic carbocycles. The van der Waals surface area contributed by atoms with Crippen LogP contribution in [0.4, 0.5) is 0 Å². The Morgan fingerprint density at radius 2 is 2.47 bits per heavy atom. The lowest BCUT2D eigenvalue weighted by Crippen LogP contribution is -2.34. The Morgan fingerprint density at radius 3 is 2.94 bits per heavy atom. The normalized spacial score (nSPS) is 13.8. The minimum atomic E-state index is -0.185. The van der Waals surface area contributed by atoms with Gasteiger partial charge in [0.1, 0.15) is 10.7 Å². The standard InChI is InChI=1S/C12H17N3OS/c1-4-6-9(5-2)14-11(16)10-7-17-12(15-10)8(3)13/h1,7-9H,5-6,13H2,2-3H3,(H,14,16). The average molecular weight is 251 g/mol. The Balaban J connectivity index is 2.66. The number of carbonyl (C=O) groups excluding carboxylic acids is 1. The topological polar surface area (TPSA) is 68.0 Å². The van der Waals surface area contributed by atoms with Crippen molar-refractivity contribution in [2.75, 3.05) is 0 Å². The van der Waals surface area contributed by atoms with Gasteiger partial charge in [0.2, 0.25) is 0 Å². The predicted molar refractivity (Wildman–Crippen MR) is 69.7 cm³/mol. The molecule has 0 aliphatic rings. The van der Waals surface area contributed by atoms with E-state index in [0.29, 0.717) is 12.1 Å². The van der Waals surface area contributed by atoms with Crippen LogP contribution in [0.3, 0.4) is 0 Å². The first kappa shape index (κ1) is 13.7. The van der Waals surface area contributed by atoms with Crippen LogP contribution in [-0.4, -0.2) is 16.9 Å². The van der Waals surface area contributed by atoms with Crippen LogP contribution in [0.25, 0.3) is 0 Å². The molecule has 1 aromatic rings. The van der Waals surface area contributed by atoms with Crippen LogP contribution >= 0.6 is 11.3 Å². The molecule has 1 amide bonds. The van der Waals surface area contributed by atoms with E-state index >= 15 is 0 Å². The Bertz CT molecular complexity index is 420. The van der Waals surface area contributed by atoms with Gasteiger partial charge in [0.15, 0.2) is 0 Å². The molecule has 1 aromatic heterocycles. The number of amides is 1. The van der Waals surface area contributed by atoms with Crippen molar-refractivity contribution >= 4 is 17.2 Å². The Hall–Kier alpha value is -1.38. The molecule has 0 aliphatic carbocycles. The molecule has 0 saturated carbocycles. The largest absolute Gasteiger partial charge is 0.347 e. The van der Waals surface area contributed by atoms with Crippen LogP contribution in [0.1, 0.15) is 48.2 Å². The molecular formula is C12H17N3OS. The van der Waals surface area contributed by atoms with E-state index in [1.54, 1.807) is 5.38 Å². The van der Waals surface area contributed by atoms with Crippen molar-refractivity contribution in [3.8, 4) is 12.3 Å². The first-order chi connectivity index (χ1) is 8.08. The number of hydrogen-bond acceptors (Lipinski definition) is 4. The molecule has 1 rings (SSSR count). The monoisotopic (exact) mass is 251 g/mol. The van der Waals surface area contributed by atoms with Crippen LogP contribution in [0.15, 0.2) is 5.38 Å². The van der Waals surface area contributed by atoms with Gasteiger partial charge in [-0.25, -0.2) is 4.98 Å². The molecule has 2 unspecified atom stereocenters. The van der Waals surface area contributed by atoms with Crippen molar-refractivity contribution in [2.45, 2.75) is 38.8 Å². The zero-order valence-electron chi connectivity index (χ0n) is 10.1. The van der Waals surface area contributed by atoms with Gasteiger partial charge in [-0.3, -0.25) is 4.79 Å². The lowest BCUT2D eigenvalue weighted by Gasteiger charge is -2.12. The maximum atomic E-state index is 11.8. The highest BCUT2D eigenvalue weighted by atomic mass is 32.1. The van der Waals surface area contributed by atoms with Crippen molar-refractivity contribution in [1.82, 2.24) is 10.3 Å². The van der Waals surface area contributed by atoms with Crippen LogP contribution in [0.2, 0.25) is 0 Å². The highest BCUT2D eigenvalue weighted by Gasteiger charge is 2.15. The number of carbonyl (C=O) groups is 1. The van der Waals surface area contributed by atoms with Crippen LogP contribution in [0, 0.1) is 12.3 Å². The SMILES string of the molecule is C#CCC(CC)NC(=O)c1csc(C(C)N)n1. The van der Waals surface area contributed by atoms with Gasteiger partial charge in [-0.05, 0) is 13.3 Å². The van der Waals surface area contributed by atoms with Gasteiger partial charge in [-0.15, -0.1) is 23.7 Å².